The summed E-state index contributed by atoms with van der Waals surface area (Å²) >= 11 is 0. The molecule has 1 aliphatic carbocycles. The number of nitrogens with one attached hydrogen (secondary N) is 1. The number of rotatable bonds is 9. The Morgan fingerprint density at radius 2 is 1.93 bits per heavy atom. The Bertz CT molecular complexity index is 841. The molecule has 0 radical (unpaired) electrons. The molecule has 0 atom stereocenters. The SMILES string of the molecule is O=C1C=CC=C(CCN(CCCCCc2ccc3c(c2)CCC(=O)N3)C(=O)O)C1. The summed E-state index contributed by atoms with van der Waals surface area (Å²) in [5.41, 5.74) is 4.38. The zero-order valence-electron chi connectivity index (χ0n) is 16.7. The first-order valence-electron chi connectivity index (χ1n) is 10.3. The van der Waals surface area contributed by atoms with Gasteiger partial charge in [-0.1, -0.05) is 36.3 Å². The molecule has 0 saturated heterocycles. The molecule has 1 aliphatic heterocycles. The van der Waals surface area contributed by atoms with Gasteiger partial charge in [-0.05, 0) is 55.4 Å². The molecule has 1 aromatic carbocycles. The van der Waals surface area contributed by atoms with Crippen molar-refractivity contribution in [3.63, 3.8) is 0 Å². The number of aryl methyl sites for hydroxylation is 2. The van der Waals surface area contributed by atoms with Crippen LogP contribution < -0.4 is 5.32 Å². The smallest absolute Gasteiger partial charge is 0.407 e. The van der Waals surface area contributed by atoms with E-state index in [9.17, 15) is 19.5 Å². The first-order valence-corrected chi connectivity index (χ1v) is 10.3. The van der Waals surface area contributed by atoms with Crippen molar-refractivity contribution in [2.75, 3.05) is 18.4 Å². The Balaban J connectivity index is 1.37. The van der Waals surface area contributed by atoms with Crippen LogP contribution in [0.5, 0.6) is 0 Å². The average molecular weight is 396 g/mol. The third kappa shape index (κ3) is 6.31. The second kappa shape index (κ2) is 10.0. The summed E-state index contributed by atoms with van der Waals surface area (Å²) in [6, 6.07) is 6.21. The lowest BCUT2D eigenvalue weighted by molar-refractivity contribution is -0.116. The molecule has 29 heavy (non-hydrogen) atoms. The van der Waals surface area contributed by atoms with Crippen molar-refractivity contribution in [2.24, 2.45) is 0 Å². The molecular weight excluding hydrogens is 368 g/mol. The van der Waals surface area contributed by atoms with Gasteiger partial charge in [-0.2, -0.15) is 0 Å². The monoisotopic (exact) mass is 396 g/mol. The number of carboxylic acid groups (broad SMARTS) is 1. The lowest BCUT2D eigenvalue weighted by Gasteiger charge is -2.20. The van der Waals surface area contributed by atoms with E-state index in [2.05, 4.69) is 17.4 Å². The van der Waals surface area contributed by atoms with E-state index in [0.717, 1.165) is 43.4 Å². The van der Waals surface area contributed by atoms with E-state index < -0.39 is 6.09 Å². The van der Waals surface area contributed by atoms with E-state index in [1.54, 1.807) is 12.2 Å². The molecular formula is C23H28N2O4. The summed E-state index contributed by atoms with van der Waals surface area (Å²) in [6.45, 7) is 0.946. The molecule has 2 amide bonds. The molecule has 2 aliphatic rings. The van der Waals surface area contributed by atoms with E-state index in [-0.39, 0.29) is 11.7 Å². The van der Waals surface area contributed by atoms with Crippen LogP contribution >= 0.6 is 0 Å². The predicted octanol–water partition coefficient (Wildman–Crippen LogP) is 4.11. The maximum Gasteiger partial charge on any atom is 0.407 e. The molecule has 6 heteroatoms. The fraction of sp³-hybridized carbons (Fsp3) is 0.435. The van der Waals surface area contributed by atoms with Crippen molar-refractivity contribution in [1.29, 1.82) is 0 Å². The number of allylic oxidation sites excluding steroid dienone is 3. The number of unbranched alkanes of at least 4 members (excludes halogenated alkanes) is 2. The van der Waals surface area contributed by atoms with Crippen LogP contribution in [-0.4, -0.2) is 40.9 Å². The van der Waals surface area contributed by atoms with E-state index in [1.165, 1.54) is 16.0 Å². The van der Waals surface area contributed by atoms with Gasteiger partial charge in [0.15, 0.2) is 5.78 Å². The van der Waals surface area contributed by atoms with Crippen molar-refractivity contribution >= 4 is 23.5 Å². The van der Waals surface area contributed by atoms with Crippen LogP contribution in [0.1, 0.15) is 49.7 Å². The third-order valence-electron chi connectivity index (χ3n) is 5.45. The number of nitrogens with zero attached hydrogens (tertiary/aromatic N) is 1. The maximum atomic E-state index is 11.5. The molecule has 6 nitrogen and oxygen atoms in total. The molecule has 3 rings (SSSR count). The molecule has 0 bridgehead atoms. The molecule has 2 N–H and O–H groups in total. The molecule has 0 aromatic heterocycles. The normalized spacial score (nSPS) is 15.5. The van der Waals surface area contributed by atoms with Crippen molar-refractivity contribution in [1.82, 2.24) is 4.90 Å². The fourth-order valence-corrected chi connectivity index (χ4v) is 3.79. The zero-order valence-corrected chi connectivity index (χ0v) is 16.7. The maximum absolute atomic E-state index is 11.5. The minimum atomic E-state index is -0.903. The molecule has 0 fully saturated rings. The number of amides is 2. The third-order valence-corrected chi connectivity index (χ3v) is 5.45. The largest absolute Gasteiger partial charge is 0.465 e. The van der Waals surface area contributed by atoms with Crippen LogP contribution in [0, 0.1) is 0 Å². The van der Waals surface area contributed by atoms with Gasteiger partial charge in [0.25, 0.3) is 0 Å². The predicted molar refractivity (Wildman–Crippen MR) is 112 cm³/mol. The minimum Gasteiger partial charge on any atom is -0.465 e. The van der Waals surface area contributed by atoms with Crippen LogP contribution in [0.25, 0.3) is 0 Å². The van der Waals surface area contributed by atoms with Crippen LogP contribution in [0.4, 0.5) is 10.5 Å². The number of hydrogen-bond acceptors (Lipinski definition) is 3. The second-order valence-electron chi connectivity index (χ2n) is 7.70. The topological polar surface area (TPSA) is 86.7 Å². The van der Waals surface area contributed by atoms with E-state index in [0.29, 0.717) is 32.4 Å². The molecule has 1 aromatic rings. The lowest BCUT2D eigenvalue weighted by atomic mass is 9.98. The van der Waals surface area contributed by atoms with Gasteiger partial charge in [0, 0.05) is 31.6 Å². The highest BCUT2D eigenvalue weighted by atomic mass is 16.4. The highest BCUT2D eigenvalue weighted by Gasteiger charge is 2.15. The Morgan fingerprint density at radius 1 is 1.07 bits per heavy atom. The summed E-state index contributed by atoms with van der Waals surface area (Å²) in [5.74, 6) is 0.157. The number of fused-ring (bicyclic) bond motifs is 1. The number of anilines is 1. The van der Waals surface area contributed by atoms with Crippen molar-refractivity contribution in [3.05, 3.63) is 53.1 Å². The van der Waals surface area contributed by atoms with Gasteiger partial charge >= 0.3 is 6.09 Å². The van der Waals surface area contributed by atoms with Gasteiger partial charge < -0.3 is 15.3 Å². The van der Waals surface area contributed by atoms with Gasteiger partial charge in [-0.3, -0.25) is 9.59 Å². The number of ketones is 1. The Labute approximate surface area is 171 Å². The fourth-order valence-electron chi connectivity index (χ4n) is 3.79. The van der Waals surface area contributed by atoms with Crippen molar-refractivity contribution in [2.45, 2.75) is 51.4 Å². The molecule has 0 unspecified atom stereocenters. The summed E-state index contributed by atoms with van der Waals surface area (Å²) in [5, 5.41) is 12.3. The molecule has 0 spiro atoms. The Hall–Kier alpha value is -2.89. The van der Waals surface area contributed by atoms with Gasteiger partial charge in [0.05, 0.1) is 0 Å². The number of hydrogen-bond donors (Lipinski definition) is 2. The van der Waals surface area contributed by atoms with Crippen LogP contribution in [-0.2, 0) is 22.4 Å². The molecule has 1 heterocycles. The summed E-state index contributed by atoms with van der Waals surface area (Å²) in [4.78, 5) is 35.8. The van der Waals surface area contributed by atoms with Crippen LogP contribution in [0.3, 0.4) is 0 Å². The average Bonchev–Trinajstić information content (AvgIpc) is 2.69. The standard InChI is InChI=1S/C23H28N2O4/c26-20-7-4-6-18(16-20)12-14-25(23(28)29)13-3-1-2-5-17-8-10-21-19(15-17)9-11-22(27)24-21/h4,6-8,10,15H,1-3,5,9,11-14,16H2,(H,24,27)(H,28,29). The number of benzene rings is 1. The van der Waals surface area contributed by atoms with E-state index in [1.807, 2.05) is 12.1 Å². The molecule has 0 saturated carbocycles. The summed E-state index contributed by atoms with van der Waals surface area (Å²) < 4.78 is 0. The first-order chi connectivity index (χ1) is 14.0. The summed E-state index contributed by atoms with van der Waals surface area (Å²) in [6.07, 6.45) is 10.4. The van der Waals surface area contributed by atoms with Crippen LogP contribution in [0.15, 0.2) is 42.0 Å². The minimum absolute atomic E-state index is 0.0777. The van der Waals surface area contributed by atoms with Gasteiger partial charge in [-0.15, -0.1) is 0 Å². The Morgan fingerprint density at radius 3 is 2.72 bits per heavy atom. The van der Waals surface area contributed by atoms with Gasteiger partial charge in [0.2, 0.25) is 5.91 Å². The number of carbonyl (C=O) groups is 3. The zero-order chi connectivity index (χ0) is 20.6. The van der Waals surface area contributed by atoms with E-state index in [4.69, 9.17) is 0 Å². The first kappa shape index (κ1) is 20.8. The quantitative estimate of drug-likeness (QED) is 0.615. The second-order valence-corrected chi connectivity index (χ2v) is 7.70. The highest BCUT2D eigenvalue weighted by Crippen LogP contribution is 2.24. The Kier molecular flexibility index (Phi) is 7.22. The van der Waals surface area contributed by atoms with Gasteiger partial charge in [-0.25, -0.2) is 4.79 Å². The van der Waals surface area contributed by atoms with Crippen molar-refractivity contribution < 1.29 is 19.5 Å². The molecule has 154 valence electrons. The van der Waals surface area contributed by atoms with Crippen molar-refractivity contribution in [3.8, 4) is 0 Å². The lowest BCUT2D eigenvalue weighted by Crippen LogP contribution is -2.31. The van der Waals surface area contributed by atoms with Crippen LogP contribution in [0.2, 0.25) is 0 Å². The highest BCUT2D eigenvalue weighted by molar-refractivity contribution is 5.94. The summed E-state index contributed by atoms with van der Waals surface area (Å²) in [7, 11) is 0. The van der Waals surface area contributed by atoms with Gasteiger partial charge in [0.1, 0.15) is 0 Å². The number of carbonyl (C=O) groups excluding carboxylic acids is 2. The van der Waals surface area contributed by atoms with E-state index >= 15 is 0 Å².